The molecule has 0 bridgehead atoms. The van der Waals surface area contributed by atoms with Crippen molar-refractivity contribution >= 4 is 11.8 Å². The van der Waals surface area contributed by atoms with Crippen molar-refractivity contribution in [1.82, 2.24) is 10.9 Å². The minimum Gasteiger partial charge on any atom is -0.508 e. The summed E-state index contributed by atoms with van der Waals surface area (Å²) >= 11 is 0. The number of carbonyl (C=O) groups is 2. The van der Waals surface area contributed by atoms with Crippen LogP contribution in [0.1, 0.15) is 36.2 Å². The summed E-state index contributed by atoms with van der Waals surface area (Å²) in [4.78, 5) is 23.8. The quantitative estimate of drug-likeness (QED) is 0.704. The second kappa shape index (κ2) is 8.73. The minimum atomic E-state index is -0.410. The molecule has 0 fully saturated rings. The van der Waals surface area contributed by atoms with E-state index >= 15 is 0 Å². The van der Waals surface area contributed by atoms with Gasteiger partial charge in [0, 0.05) is 12.0 Å². The molecule has 0 atom stereocenters. The van der Waals surface area contributed by atoms with Crippen LogP contribution in [0.5, 0.6) is 11.5 Å². The normalized spacial score (nSPS) is 10.4. The number of benzene rings is 2. The van der Waals surface area contributed by atoms with E-state index in [-0.39, 0.29) is 24.2 Å². The molecular weight excluding hydrogens is 320 g/mol. The van der Waals surface area contributed by atoms with Gasteiger partial charge in [0.25, 0.3) is 5.91 Å². The Balaban J connectivity index is 1.79. The van der Waals surface area contributed by atoms with Crippen LogP contribution < -0.4 is 15.6 Å². The highest BCUT2D eigenvalue weighted by Crippen LogP contribution is 2.17. The Morgan fingerprint density at radius 2 is 1.72 bits per heavy atom. The monoisotopic (exact) mass is 342 g/mol. The molecule has 0 spiro atoms. The maximum Gasteiger partial charge on any atom is 0.269 e. The fourth-order valence-corrected chi connectivity index (χ4v) is 2.19. The van der Waals surface area contributed by atoms with Gasteiger partial charge in [0.15, 0.2) is 0 Å². The van der Waals surface area contributed by atoms with Gasteiger partial charge < -0.3 is 9.84 Å². The molecule has 0 aliphatic heterocycles. The number of aromatic hydroxyl groups is 1. The van der Waals surface area contributed by atoms with E-state index in [4.69, 9.17) is 4.74 Å². The smallest absolute Gasteiger partial charge is 0.269 e. The van der Waals surface area contributed by atoms with Crippen LogP contribution in [0.15, 0.2) is 48.5 Å². The summed E-state index contributed by atoms with van der Waals surface area (Å²) in [6.45, 7) is 3.84. The van der Waals surface area contributed by atoms with Gasteiger partial charge in [-0.15, -0.1) is 0 Å². The summed E-state index contributed by atoms with van der Waals surface area (Å²) in [5.74, 6) is 0.0877. The van der Waals surface area contributed by atoms with Crippen LogP contribution in [0.25, 0.3) is 0 Å². The van der Waals surface area contributed by atoms with Gasteiger partial charge >= 0.3 is 0 Å². The van der Waals surface area contributed by atoms with Crippen LogP contribution in [-0.2, 0) is 11.2 Å². The van der Waals surface area contributed by atoms with Gasteiger partial charge in [0.1, 0.15) is 11.5 Å². The Kier molecular flexibility index (Phi) is 6.39. The molecule has 0 aliphatic rings. The second-order valence-corrected chi connectivity index (χ2v) is 5.82. The number of hydrogen-bond acceptors (Lipinski definition) is 4. The predicted octanol–water partition coefficient (Wildman–Crippen LogP) is 2.57. The first-order valence-corrected chi connectivity index (χ1v) is 8.08. The number of ether oxygens (including phenoxy) is 1. The van der Waals surface area contributed by atoms with E-state index in [9.17, 15) is 14.7 Å². The van der Waals surface area contributed by atoms with Crippen molar-refractivity contribution in [2.45, 2.75) is 32.8 Å². The standard InChI is InChI=1S/C19H22N2O4/c1-13(2)25-16-10-7-15(8-11-16)19(24)21-20-18(23)12-9-14-5-3-4-6-17(14)22/h3-8,10-11,13,22H,9,12H2,1-2H3,(H,20,23)(H,21,24). The van der Waals surface area contributed by atoms with E-state index in [1.807, 2.05) is 13.8 Å². The Morgan fingerprint density at radius 1 is 1.04 bits per heavy atom. The van der Waals surface area contributed by atoms with Gasteiger partial charge in [-0.3, -0.25) is 20.4 Å². The van der Waals surface area contributed by atoms with Crippen molar-refractivity contribution < 1.29 is 19.4 Å². The van der Waals surface area contributed by atoms with Crippen LogP contribution in [-0.4, -0.2) is 23.0 Å². The number of phenols is 1. The molecule has 0 aromatic heterocycles. The maximum absolute atomic E-state index is 12.0. The first-order chi connectivity index (χ1) is 12.0. The number of para-hydroxylation sites is 1. The van der Waals surface area contributed by atoms with Gasteiger partial charge in [-0.25, -0.2) is 0 Å². The van der Waals surface area contributed by atoms with E-state index < -0.39 is 5.91 Å². The van der Waals surface area contributed by atoms with Crippen molar-refractivity contribution in [2.24, 2.45) is 0 Å². The predicted molar refractivity (Wildman–Crippen MR) is 94.2 cm³/mol. The fourth-order valence-electron chi connectivity index (χ4n) is 2.19. The molecule has 0 saturated heterocycles. The van der Waals surface area contributed by atoms with Gasteiger partial charge in [-0.1, -0.05) is 18.2 Å². The first-order valence-electron chi connectivity index (χ1n) is 8.08. The average Bonchev–Trinajstić information content (AvgIpc) is 2.59. The Labute approximate surface area is 146 Å². The van der Waals surface area contributed by atoms with Crippen LogP contribution in [0, 0.1) is 0 Å². The number of carbonyl (C=O) groups excluding carboxylic acids is 2. The summed E-state index contributed by atoms with van der Waals surface area (Å²) in [5, 5.41) is 9.66. The number of amides is 2. The molecule has 6 heteroatoms. The van der Waals surface area contributed by atoms with Crippen LogP contribution in [0.2, 0.25) is 0 Å². The summed E-state index contributed by atoms with van der Waals surface area (Å²) in [6.07, 6.45) is 0.595. The highest BCUT2D eigenvalue weighted by Gasteiger charge is 2.09. The largest absolute Gasteiger partial charge is 0.508 e. The topological polar surface area (TPSA) is 87.7 Å². The minimum absolute atomic E-state index is 0.0583. The van der Waals surface area contributed by atoms with E-state index in [0.717, 1.165) is 0 Å². The van der Waals surface area contributed by atoms with Crippen LogP contribution >= 0.6 is 0 Å². The third kappa shape index (κ3) is 5.84. The lowest BCUT2D eigenvalue weighted by molar-refractivity contribution is -0.121. The van der Waals surface area contributed by atoms with Gasteiger partial charge in [-0.2, -0.15) is 0 Å². The Morgan fingerprint density at radius 3 is 2.36 bits per heavy atom. The zero-order valence-electron chi connectivity index (χ0n) is 14.3. The average molecular weight is 342 g/mol. The molecule has 3 N–H and O–H groups in total. The molecule has 0 unspecified atom stereocenters. The third-order valence-corrected chi connectivity index (χ3v) is 3.42. The fraction of sp³-hybridized carbons (Fsp3) is 0.263. The maximum atomic E-state index is 12.0. The Bertz CT molecular complexity index is 726. The van der Waals surface area contributed by atoms with Gasteiger partial charge in [0.2, 0.25) is 5.91 Å². The number of rotatable bonds is 6. The highest BCUT2D eigenvalue weighted by atomic mass is 16.5. The molecule has 25 heavy (non-hydrogen) atoms. The Hall–Kier alpha value is -3.02. The molecule has 6 nitrogen and oxygen atoms in total. The summed E-state index contributed by atoms with van der Waals surface area (Å²) < 4.78 is 5.51. The molecule has 2 aromatic rings. The zero-order valence-corrected chi connectivity index (χ0v) is 14.3. The lowest BCUT2D eigenvalue weighted by atomic mass is 10.1. The molecule has 0 heterocycles. The number of hydrogen-bond donors (Lipinski definition) is 3. The summed E-state index contributed by atoms with van der Waals surface area (Å²) in [5.41, 5.74) is 5.83. The van der Waals surface area contributed by atoms with Gasteiger partial charge in [-0.05, 0) is 56.2 Å². The van der Waals surface area contributed by atoms with E-state index in [2.05, 4.69) is 10.9 Å². The highest BCUT2D eigenvalue weighted by molar-refractivity contribution is 5.95. The van der Waals surface area contributed by atoms with Crippen molar-refractivity contribution in [3.8, 4) is 11.5 Å². The third-order valence-electron chi connectivity index (χ3n) is 3.42. The van der Waals surface area contributed by atoms with Crippen LogP contribution in [0.4, 0.5) is 0 Å². The number of nitrogens with one attached hydrogen (secondary N) is 2. The number of phenolic OH excluding ortho intramolecular Hbond substituents is 1. The van der Waals surface area contributed by atoms with E-state index in [1.165, 1.54) is 0 Å². The zero-order chi connectivity index (χ0) is 18.2. The molecule has 2 aromatic carbocycles. The van der Waals surface area contributed by atoms with Crippen molar-refractivity contribution in [3.63, 3.8) is 0 Å². The van der Waals surface area contributed by atoms with E-state index in [0.29, 0.717) is 23.3 Å². The SMILES string of the molecule is CC(C)Oc1ccc(C(=O)NNC(=O)CCc2ccccc2O)cc1. The number of aryl methyl sites for hydroxylation is 1. The summed E-state index contributed by atoms with van der Waals surface area (Å²) in [7, 11) is 0. The van der Waals surface area contributed by atoms with Crippen molar-refractivity contribution in [1.29, 1.82) is 0 Å². The van der Waals surface area contributed by atoms with Crippen molar-refractivity contribution in [3.05, 3.63) is 59.7 Å². The number of hydrazine groups is 1. The molecule has 0 saturated carbocycles. The molecule has 0 radical (unpaired) electrons. The lowest BCUT2D eigenvalue weighted by Crippen LogP contribution is -2.41. The molecule has 132 valence electrons. The van der Waals surface area contributed by atoms with Crippen molar-refractivity contribution in [2.75, 3.05) is 0 Å². The summed E-state index contributed by atoms with van der Waals surface area (Å²) in [6, 6.07) is 13.5. The lowest BCUT2D eigenvalue weighted by Gasteiger charge is -2.11. The molecular formula is C19H22N2O4. The molecule has 0 aliphatic carbocycles. The second-order valence-electron chi connectivity index (χ2n) is 5.82. The molecule has 2 amide bonds. The van der Waals surface area contributed by atoms with E-state index in [1.54, 1.807) is 48.5 Å². The van der Waals surface area contributed by atoms with Crippen LogP contribution in [0.3, 0.4) is 0 Å². The first kappa shape index (κ1) is 18.3. The van der Waals surface area contributed by atoms with Gasteiger partial charge in [0.05, 0.1) is 6.10 Å². The molecule has 2 rings (SSSR count).